The maximum absolute atomic E-state index is 12.2. The number of methoxy groups -OCH3 is 1. The van der Waals surface area contributed by atoms with Crippen LogP contribution in [0.2, 0.25) is 0 Å². The Balaban J connectivity index is 1.95. The first-order chi connectivity index (χ1) is 9.72. The first-order valence-corrected chi connectivity index (χ1v) is 8.27. The normalized spacial score (nSPS) is 24.5. The molecule has 2 rings (SSSR count). The van der Waals surface area contributed by atoms with Crippen LogP contribution in [0.5, 0.6) is 0 Å². The van der Waals surface area contributed by atoms with Gasteiger partial charge in [-0.1, -0.05) is 26.2 Å². The topological polar surface area (TPSA) is 41.6 Å². The molecule has 4 nitrogen and oxygen atoms in total. The first kappa shape index (κ1) is 15.8. The lowest BCUT2D eigenvalue weighted by molar-refractivity contribution is -0.132. The number of carbonyl (C=O) groups is 1. The molecule has 1 N–H and O–H groups in total. The van der Waals surface area contributed by atoms with E-state index >= 15 is 0 Å². The molecule has 2 fully saturated rings. The van der Waals surface area contributed by atoms with Crippen molar-refractivity contribution in [3.8, 4) is 0 Å². The van der Waals surface area contributed by atoms with Gasteiger partial charge in [0, 0.05) is 19.2 Å². The van der Waals surface area contributed by atoms with E-state index in [1.165, 1.54) is 58.0 Å². The van der Waals surface area contributed by atoms with E-state index in [0.717, 1.165) is 13.0 Å². The van der Waals surface area contributed by atoms with E-state index in [1.807, 2.05) is 6.92 Å². The molecular formula is C16H30N2O2. The van der Waals surface area contributed by atoms with Crippen LogP contribution in [0, 0.1) is 0 Å². The van der Waals surface area contributed by atoms with Crippen LogP contribution < -0.4 is 5.32 Å². The third kappa shape index (κ3) is 3.53. The molecular weight excluding hydrogens is 252 g/mol. The monoisotopic (exact) mass is 282 g/mol. The molecule has 1 unspecified atom stereocenters. The van der Waals surface area contributed by atoms with Crippen molar-refractivity contribution in [3.63, 3.8) is 0 Å². The Bertz CT molecular complexity index is 304. The number of carbonyl (C=O) groups excluding carboxylic acids is 1. The van der Waals surface area contributed by atoms with Gasteiger partial charge in [-0.25, -0.2) is 0 Å². The number of likely N-dealkylation sites (tertiary alicyclic amines) is 1. The lowest BCUT2D eigenvalue weighted by Crippen LogP contribution is -2.56. The highest BCUT2D eigenvalue weighted by molar-refractivity contribution is 5.80. The van der Waals surface area contributed by atoms with Crippen LogP contribution in [0.15, 0.2) is 0 Å². The molecule has 1 saturated heterocycles. The Morgan fingerprint density at radius 2 is 1.85 bits per heavy atom. The van der Waals surface area contributed by atoms with Crippen molar-refractivity contribution >= 4 is 5.91 Å². The molecule has 4 heteroatoms. The van der Waals surface area contributed by atoms with Gasteiger partial charge in [0.15, 0.2) is 0 Å². The van der Waals surface area contributed by atoms with Gasteiger partial charge < -0.3 is 10.1 Å². The van der Waals surface area contributed by atoms with Crippen LogP contribution in [0.1, 0.15) is 58.3 Å². The summed E-state index contributed by atoms with van der Waals surface area (Å²) >= 11 is 0. The molecule has 1 amide bonds. The van der Waals surface area contributed by atoms with Crippen molar-refractivity contribution in [2.75, 3.05) is 26.7 Å². The van der Waals surface area contributed by atoms with E-state index in [1.54, 1.807) is 7.11 Å². The summed E-state index contributed by atoms with van der Waals surface area (Å²) in [5.74, 6) is 0.0548. The summed E-state index contributed by atoms with van der Waals surface area (Å²) in [5, 5.41) is 3.17. The van der Waals surface area contributed by atoms with E-state index in [4.69, 9.17) is 4.74 Å². The minimum Gasteiger partial charge on any atom is -0.372 e. The summed E-state index contributed by atoms with van der Waals surface area (Å²) in [5.41, 5.74) is 0.219. The third-order valence-corrected chi connectivity index (χ3v) is 5.10. The summed E-state index contributed by atoms with van der Waals surface area (Å²) in [6.45, 7) is 5.20. The highest BCUT2D eigenvalue weighted by Crippen LogP contribution is 2.35. The predicted molar refractivity (Wildman–Crippen MR) is 80.7 cm³/mol. The molecule has 116 valence electrons. The second-order valence-corrected chi connectivity index (χ2v) is 6.33. The molecule has 0 bridgehead atoms. The van der Waals surface area contributed by atoms with Crippen molar-refractivity contribution in [3.05, 3.63) is 0 Å². The zero-order chi connectivity index (χ0) is 14.4. The minimum atomic E-state index is -0.297. The molecule has 0 aromatic heterocycles. The van der Waals surface area contributed by atoms with Crippen molar-refractivity contribution in [1.82, 2.24) is 10.2 Å². The fourth-order valence-corrected chi connectivity index (χ4v) is 3.83. The lowest BCUT2D eigenvalue weighted by Gasteiger charge is -2.45. The Kier molecular flexibility index (Phi) is 5.85. The van der Waals surface area contributed by atoms with Gasteiger partial charge >= 0.3 is 0 Å². The SMILES string of the molecule is CCC(OC)C(=O)NCC1(N2CCCC2)CCCCC1. The second-order valence-electron chi connectivity index (χ2n) is 6.33. The molecule has 1 aliphatic heterocycles. The van der Waals surface area contributed by atoms with E-state index in [0.29, 0.717) is 0 Å². The van der Waals surface area contributed by atoms with Crippen molar-refractivity contribution in [1.29, 1.82) is 0 Å². The van der Waals surface area contributed by atoms with Gasteiger partial charge in [-0.2, -0.15) is 0 Å². The maximum Gasteiger partial charge on any atom is 0.249 e. The van der Waals surface area contributed by atoms with Crippen LogP contribution in [-0.2, 0) is 9.53 Å². The summed E-state index contributed by atoms with van der Waals surface area (Å²) < 4.78 is 5.23. The summed E-state index contributed by atoms with van der Waals surface area (Å²) in [6.07, 6.45) is 9.47. The largest absolute Gasteiger partial charge is 0.372 e. The van der Waals surface area contributed by atoms with Crippen LogP contribution >= 0.6 is 0 Å². The molecule has 20 heavy (non-hydrogen) atoms. The third-order valence-electron chi connectivity index (χ3n) is 5.10. The van der Waals surface area contributed by atoms with E-state index in [2.05, 4.69) is 10.2 Å². The molecule has 1 heterocycles. The zero-order valence-corrected chi connectivity index (χ0v) is 13.1. The minimum absolute atomic E-state index is 0.0548. The van der Waals surface area contributed by atoms with E-state index in [-0.39, 0.29) is 17.6 Å². The summed E-state index contributed by atoms with van der Waals surface area (Å²) in [7, 11) is 1.62. The predicted octanol–water partition coefficient (Wildman–Crippen LogP) is 2.33. The van der Waals surface area contributed by atoms with E-state index < -0.39 is 0 Å². The standard InChI is InChI=1S/C16H30N2O2/c1-3-14(20-2)15(19)17-13-16(9-5-4-6-10-16)18-11-7-8-12-18/h14H,3-13H2,1-2H3,(H,17,19). The van der Waals surface area contributed by atoms with Crippen molar-refractivity contribution < 1.29 is 9.53 Å². The molecule has 0 radical (unpaired) electrons. The fourth-order valence-electron chi connectivity index (χ4n) is 3.83. The Labute approximate surface area is 123 Å². The summed E-state index contributed by atoms with van der Waals surface area (Å²) in [6, 6.07) is 0. The molecule has 0 aromatic carbocycles. The lowest BCUT2D eigenvalue weighted by atomic mass is 9.80. The van der Waals surface area contributed by atoms with Crippen molar-refractivity contribution in [2.45, 2.75) is 69.9 Å². The molecule has 2 aliphatic rings. The number of rotatable bonds is 6. The number of amides is 1. The molecule has 0 spiro atoms. The van der Waals surface area contributed by atoms with Gasteiger partial charge in [-0.05, 0) is 45.2 Å². The average molecular weight is 282 g/mol. The maximum atomic E-state index is 12.2. The van der Waals surface area contributed by atoms with Gasteiger partial charge in [0.25, 0.3) is 0 Å². The Morgan fingerprint density at radius 1 is 1.20 bits per heavy atom. The summed E-state index contributed by atoms with van der Waals surface area (Å²) in [4.78, 5) is 14.8. The average Bonchev–Trinajstić information content (AvgIpc) is 3.02. The smallest absolute Gasteiger partial charge is 0.249 e. The van der Waals surface area contributed by atoms with Gasteiger partial charge in [0.05, 0.1) is 0 Å². The molecule has 0 aromatic rings. The van der Waals surface area contributed by atoms with Crippen molar-refractivity contribution in [2.24, 2.45) is 0 Å². The van der Waals surface area contributed by atoms with Gasteiger partial charge in [0.1, 0.15) is 6.10 Å². The second kappa shape index (κ2) is 7.41. The number of nitrogens with zero attached hydrogens (tertiary/aromatic N) is 1. The zero-order valence-electron chi connectivity index (χ0n) is 13.1. The Hall–Kier alpha value is -0.610. The highest BCUT2D eigenvalue weighted by Gasteiger charge is 2.39. The van der Waals surface area contributed by atoms with Crippen LogP contribution in [-0.4, -0.2) is 49.2 Å². The molecule has 1 saturated carbocycles. The Morgan fingerprint density at radius 3 is 2.40 bits per heavy atom. The van der Waals surface area contributed by atoms with Gasteiger partial charge in [-0.3, -0.25) is 9.69 Å². The highest BCUT2D eigenvalue weighted by atomic mass is 16.5. The quantitative estimate of drug-likeness (QED) is 0.813. The number of ether oxygens (including phenoxy) is 1. The van der Waals surface area contributed by atoms with E-state index in [9.17, 15) is 4.79 Å². The molecule has 1 atom stereocenters. The van der Waals surface area contributed by atoms with Gasteiger partial charge in [-0.15, -0.1) is 0 Å². The van der Waals surface area contributed by atoms with Crippen LogP contribution in [0.4, 0.5) is 0 Å². The first-order valence-electron chi connectivity index (χ1n) is 8.27. The van der Waals surface area contributed by atoms with Gasteiger partial charge in [0.2, 0.25) is 5.91 Å². The van der Waals surface area contributed by atoms with Crippen LogP contribution in [0.25, 0.3) is 0 Å². The number of hydrogen-bond acceptors (Lipinski definition) is 3. The van der Waals surface area contributed by atoms with Crippen LogP contribution in [0.3, 0.4) is 0 Å². The number of nitrogens with one attached hydrogen (secondary N) is 1. The molecule has 1 aliphatic carbocycles. The number of hydrogen-bond donors (Lipinski definition) is 1. The fraction of sp³-hybridized carbons (Fsp3) is 0.938.